The number of hydrogen-bond acceptors (Lipinski definition) is 4. The summed E-state index contributed by atoms with van der Waals surface area (Å²) in [5.41, 5.74) is 2.38. The van der Waals surface area contributed by atoms with Crippen molar-refractivity contribution in [2.45, 2.75) is 65.0 Å². The molecule has 0 unspecified atom stereocenters. The monoisotopic (exact) mass is 445 g/mol. The number of likely N-dealkylation sites (tertiary alicyclic amines) is 2. The zero-order chi connectivity index (χ0) is 21.8. The standard InChI is InChI=1S/C24H36ClN5O/c1-3-28(4-2)20-12-15-27(17-20)18-21-23(26-22-11-10-19(25)16-30(21)22)24(31)29-13-8-6-5-7-9-14-29/h10-11,16,20H,3-9,12-15,17-18H2,1-2H3/t20-/m1/s1. The average Bonchev–Trinajstić information content (AvgIpc) is 3.34. The number of fused-ring (bicyclic) bond motifs is 1. The maximum Gasteiger partial charge on any atom is 0.274 e. The van der Waals surface area contributed by atoms with Crippen molar-refractivity contribution in [1.82, 2.24) is 24.1 Å². The summed E-state index contributed by atoms with van der Waals surface area (Å²) in [6.07, 6.45) is 8.94. The van der Waals surface area contributed by atoms with E-state index in [0.29, 0.717) is 16.8 Å². The minimum absolute atomic E-state index is 0.0798. The Labute approximate surface area is 191 Å². The maximum absolute atomic E-state index is 13.6. The highest BCUT2D eigenvalue weighted by Gasteiger charge is 2.30. The molecule has 0 spiro atoms. The number of amides is 1. The van der Waals surface area contributed by atoms with Gasteiger partial charge >= 0.3 is 0 Å². The van der Waals surface area contributed by atoms with Gasteiger partial charge in [-0.25, -0.2) is 4.98 Å². The van der Waals surface area contributed by atoms with Crippen LogP contribution in [-0.2, 0) is 6.54 Å². The molecule has 2 saturated heterocycles. The van der Waals surface area contributed by atoms with E-state index in [2.05, 4.69) is 23.6 Å². The highest BCUT2D eigenvalue weighted by molar-refractivity contribution is 6.30. The van der Waals surface area contributed by atoms with Gasteiger partial charge in [-0.15, -0.1) is 0 Å². The van der Waals surface area contributed by atoms with E-state index < -0.39 is 0 Å². The van der Waals surface area contributed by atoms with Gasteiger partial charge in [0.1, 0.15) is 5.65 Å². The predicted molar refractivity (Wildman–Crippen MR) is 126 cm³/mol. The molecule has 0 aromatic carbocycles. The molecule has 1 amide bonds. The van der Waals surface area contributed by atoms with Crippen LogP contribution in [0.4, 0.5) is 0 Å². The lowest BCUT2D eigenvalue weighted by Crippen LogP contribution is -2.37. The number of carbonyl (C=O) groups is 1. The van der Waals surface area contributed by atoms with Crippen molar-refractivity contribution >= 4 is 23.2 Å². The van der Waals surface area contributed by atoms with Crippen LogP contribution in [0.15, 0.2) is 18.3 Å². The third kappa shape index (κ3) is 5.07. The van der Waals surface area contributed by atoms with E-state index in [9.17, 15) is 4.79 Å². The minimum Gasteiger partial charge on any atom is -0.337 e. The van der Waals surface area contributed by atoms with Gasteiger partial charge in [-0.1, -0.05) is 44.7 Å². The number of likely N-dealkylation sites (N-methyl/N-ethyl adjacent to an activating group) is 1. The van der Waals surface area contributed by atoms with Crippen molar-refractivity contribution in [3.05, 3.63) is 34.7 Å². The molecule has 2 fully saturated rings. The Bertz CT molecular complexity index is 885. The predicted octanol–water partition coefficient (Wildman–Crippen LogP) is 4.31. The molecule has 0 aliphatic carbocycles. The van der Waals surface area contributed by atoms with E-state index in [1.165, 1.54) is 25.7 Å². The van der Waals surface area contributed by atoms with E-state index in [-0.39, 0.29) is 5.91 Å². The molecule has 0 saturated carbocycles. The van der Waals surface area contributed by atoms with Crippen molar-refractivity contribution in [2.75, 3.05) is 39.3 Å². The summed E-state index contributed by atoms with van der Waals surface area (Å²) in [5, 5.41) is 0.666. The van der Waals surface area contributed by atoms with Gasteiger partial charge in [0.25, 0.3) is 5.91 Å². The third-order valence-electron chi connectivity index (χ3n) is 6.98. The zero-order valence-corrected chi connectivity index (χ0v) is 19.8. The van der Waals surface area contributed by atoms with Crippen molar-refractivity contribution in [3.63, 3.8) is 0 Å². The molecule has 7 heteroatoms. The molecule has 0 N–H and O–H groups in total. The van der Waals surface area contributed by atoms with Crippen molar-refractivity contribution in [3.8, 4) is 0 Å². The Morgan fingerprint density at radius 3 is 2.52 bits per heavy atom. The second-order valence-electron chi connectivity index (χ2n) is 8.94. The average molecular weight is 446 g/mol. The van der Waals surface area contributed by atoms with Gasteiger partial charge in [-0.2, -0.15) is 0 Å². The summed E-state index contributed by atoms with van der Waals surface area (Å²) in [6, 6.07) is 4.36. The lowest BCUT2D eigenvalue weighted by Gasteiger charge is -2.26. The number of halogens is 1. The molecule has 31 heavy (non-hydrogen) atoms. The SMILES string of the molecule is CCN(CC)[C@@H]1CCN(Cc2c(C(=O)N3CCCCCCC3)nc3ccc(Cl)cn23)C1. The van der Waals surface area contributed by atoms with Crippen molar-refractivity contribution in [1.29, 1.82) is 0 Å². The van der Waals surface area contributed by atoms with Crippen LogP contribution in [0.25, 0.3) is 5.65 Å². The molecule has 2 aliphatic heterocycles. The fraction of sp³-hybridized carbons (Fsp3) is 0.667. The fourth-order valence-electron chi connectivity index (χ4n) is 5.20. The molecular weight excluding hydrogens is 410 g/mol. The lowest BCUT2D eigenvalue weighted by molar-refractivity contribution is 0.0734. The first kappa shape index (κ1) is 22.6. The van der Waals surface area contributed by atoms with Crippen molar-refractivity contribution in [2.24, 2.45) is 0 Å². The van der Waals surface area contributed by atoms with Crippen LogP contribution >= 0.6 is 11.6 Å². The van der Waals surface area contributed by atoms with E-state index in [0.717, 1.165) is 70.0 Å². The summed E-state index contributed by atoms with van der Waals surface area (Å²) >= 11 is 6.32. The second kappa shape index (κ2) is 10.3. The van der Waals surface area contributed by atoms with E-state index in [4.69, 9.17) is 16.6 Å². The quantitative estimate of drug-likeness (QED) is 0.664. The van der Waals surface area contributed by atoms with Gasteiger partial charge in [0.05, 0.1) is 10.7 Å². The Morgan fingerprint density at radius 2 is 1.81 bits per heavy atom. The molecule has 2 aromatic rings. The molecule has 2 aliphatic rings. The first-order chi connectivity index (χ1) is 15.1. The van der Waals surface area contributed by atoms with Crippen LogP contribution in [0.5, 0.6) is 0 Å². The summed E-state index contributed by atoms with van der Waals surface area (Å²) in [6.45, 7) is 11.1. The molecule has 0 bridgehead atoms. The minimum atomic E-state index is 0.0798. The van der Waals surface area contributed by atoms with Gasteiger partial charge in [-0.3, -0.25) is 14.6 Å². The Morgan fingerprint density at radius 1 is 1.10 bits per heavy atom. The molecule has 0 radical (unpaired) electrons. The summed E-state index contributed by atoms with van der Waals surface area (Å²) in [7, 11) is 0. The summed E-state index contributed by atoms with van der Waals surface area (Å²) < 4.78 is 2.03. The molecule has 170 valence electrons. The Hall–Kier alpha value is -1.63. The summed E-state index contributed by atoms with van der Waals surface area (Å²) in [4.78, 5) is 25.4. The van der Waals surface area contributed by atoms with Gasteiger partial charge < -0.3 is 9.30 Å². The number of rotatable bonds is 6. The van der Waals surface area contributed by atoms with E-state index >= 15 is 0 Å². The third-order valence-corrected chi connectivity index (χ3v) is 7.20. The first-order valence-electron chi connectivity index (χ1n) is 12.0. The molecule has 4 rings (SSSR count). The molecular formula is C24H36ClN5O. The van der Waals surface area contributed by atoms with Crippen LogP contribution in [-0.4, -0.2) is 75.3 Å². The second-order valence-corrected chi connectivity index (χ2v) is 9.38. The molecule has 6 nitrogen and oxygen atoms in total. The van der Waals surface area contributed by atoms with E-state index in [1.54, 1.807) is 0 Å². The largest absolute Gasteiger partial charge is 0.337 e. The number of nitrogens with zero attached hydrogens (tertiary/aromatic N) is 5. The topological polar surface area (TPSA) is 44.1 Å². The number of hydrogen-bond donors (Lipinski definition) is 0. The van der Waals surface area contributed by atoms with Crippen LogP contribution in [0.3, 0.4) is 0 Å². The first-order valence-corrected chi connectivity index (χ1v) is 12.4. The number of pyridine rings is 1. The smallest absolute Gasteiger partial charge is 0.274 e. The highest BCUT2D eigenvalue weighted by atomic mass is 35.5. The number of imidazole rings is 1. The highest BCUT2D eigenvalue weighted by Crippen LogP contribution is 2.24. The molecule has 4 heterocycles. The van der Waals surface area contributed by atoms with E-state index in [1.807, 2.05) is 27.6 Å². The summed E-state index contributed by atoms with van der Waals surface area (Å²) in [5.74, 6) is 0.0798. The van der Waals surface area contributed by atoms with Crippen LogP contribution in [0, 0.1) is 0 Å². The molecule has 1 atom stereocenters. The fourth-order valence-corrected chi connectivity index (χ4v) is 5.36. The van der Waals surface area contributed by atoms with Gasteiger partial charge in [0.2, 0.25) is 0 Å². The number of carbonyl (C=O) groups excluding carboxylic acids is 1. The van der Waals surface area contributed by atoms with Crippen LogP contribution < -0.4 is 0 Å². The van der Waals surface area contributed by atoms with Crippen molar-refractivity contribution < 1.29 is 4.79 Å². The maximum atomic E-state index is 13.6. The Kier molecular flexibility index (Phi) is 7.51. The van der Waals surface area contributed by atoms with Gasteiger partial charge in [0, 0.05) is 45.0 Å². The molecule has 2 aromatic heterocycles. The van der Waals surface area contributed by atoms with Crippen LogP contribution in [0.2, 0.25) is 5.02 Å². The van der Waals surface area contributed by atoms with Crippen LogP contribution in [0.1, 0.15) is 68.6 Å². The Balaban J connectivity index is 1.60. The number of aromatic nitrogens is 2. The normalized spacial score (nSPS) is 21.0. The van der Waals surface area contributed by atoms with Gasteiger partial charge in [-0.05, 0) is 44.5 Å². The zero-order valence-electron chi connectivity index (χ0n) is 19.0. The lowest BCUT2D eigenvalue weighted by atomic mass is 10.1. The van der Waals surface area contributed by atoms with Gasteiger partial charge in [0.15, 0.2) is 5.69 Å².